The van der Waals surface area contributed by atoms with E-state index in [4.69, 9.17) is 11.6 Å². The van der Waals surface area contributed by atoms with Crippen molar-refractivity contribution >= 4 is 40.8 Å². The third kappa shape index (κ3) is 5.80. The van der Waals surface area contributed by atoms with E-state index in [2.05, 4.69) is 25.4 Å². The van der Waals surface area contributed by atoms with E-state index in [-0.39, 0.29) is 30.7 Å². The molecule has 4 rings (SSSR count). The van der Waals surface area contributed by atoms with Crippen LogP contribution in [0.15, 0.2) is 48.7 Å². The van der Waals surface area contributed by atoms with E-state index in [1.54, 1.807) is 30.5 Å². The Morgan fingerprint density at radius 1 is 1.06 bits per heavy atom. The summed E-state index contributed by atoms with van der Waals surface area (Å²) in [6.45, 7) is 3.96. The molecule has 1 aromatic heterocycles. The summed E-state index contributed by atoms with van der Waals surface area (Å²) < 4.78 is 0. The van der Waals surface area contributed by atoms with E-state index >= 15 is 0 Å². The number of aromatic nitrogens is 1. The summed E-state index contributed by atoms with van der Waals surface area (Å²) in [6, 6.07) is 11.9. The summed E-state index contributed by atoms with van der Waals surface area (Å²) in [7, 11) is 0. The van der Waals surface area contributed by atoms with Crippen LogP contribution >= 0.6 is 11.6 Å². The lowest BCUT2D eigenvalue weighted by Gasteiger charge is -2.38. The second-order valence-corrected chi connectivity index (χ2v) is 8.48. The Labute approximate surface area is 197 Å². The number of carbonyl (C=O) groups excluding carboxylic acids is 3. The normalized spacial score (nSPS) is 19.2. The molecule has 3 heterocycles. The molecule has 9 nitrogen and oxygen atoms in total. The molecule has 2 aliphatic heterocycles. The maximum atomic E-state index is 13.1. The van der Waals surface area contributed by atoms with Gasteiger partial charge in [-0.2, -0.15) is 0 Å². The van der Waals surface area contributed by atoms with Gasteiger partial charge in [0.05, 0.1) is 23.7 Å². The van der Waals surface area contributed by atoms with Crippen LogP contribution in [0.3, 0.4) is 0 Å². The SMILES string of the molecule is O=C(C[C@@H]1C(=O)NCCN1C(=O)CN1CCN(c2ccccn2)CC1)Nc1ccccc1Cl. The van der Waals surface area contributed by atoms with E-state index in [0.717, 1.165) is 32.0 Å². The molecule has 10 heteroatoms. The highest BCUT2D eigenvalue weighted by Crippen LogP contribution is 2.21. The Hall–Kier alpha value is -3.17. The molecule has 1 atom stereocenters. The number of halogens is 1. The number of carbonyl (C=O) groups is 3. The molecule has 0 unspecified atom stereocenters. The van der Waals surface area contributed by atoms with E-state index in [0.29, 0.717) is 23.8 Å². The lowest BCUT2D eigenvalue weighted by molar-refractivity contribution is -0.145. The van der Waals surface area contributed by atoms with E-state index < -0.39 is 6.04 Å². The van der Waals surface area contributed by atoms with Gasteiger partial charge in [0.15, 0.2) is 0 Å². The molecule has 1 aromatic carbocycles. The average Bonchev–Trinajstić information content (AvgIpc) is 2.83. The van der Waals surface area contributed by atoms with Crippen LogP contribution in [0.5, 0.6) is 0 Å². The minimum absolute atomic E-state index is 0.129. The van der Waals surface area contributed by atoms with Gasteiger partial charge in [-0.1, -0.05) is 29.8 Å². The molecule has 2 aliphatic rings. The highest BCUT2D eigenvalue weighted by atomic mass is 35.5. The van der Waals surface area contributed by atoms with Crippen molar-refractivity contribution in [2.75, 3.05) is 56.0 Å². The first-order chi connectivity index (χ1) is 16.0. The molecular formula is C23H27ClN6O3. The van der Waals surface area contributed by atoms with Crippen molar-refractivity contribution in [1.29, 1.82) is 0 Å². The zero-order valence-corrected chi connectivity index (χ0v) is 19.0. The summed E-state index contributed by atoms with van der Waals surface area (Å²) in [5.41, 5.74) is 0.476. The second kappa shape index (κ2) is 10.6. The Balaban J connectivity index is 1.33. The molecule has 2 fully saturated rings. The van der Waals surface area contributed by atoms with Crippen LogP contribution in [-0.4, -0.2) is 84.4 Å². The lowest BCUT2D eigenvalue weighted by Crippen LogP contribution is -2.60. The number of piperazine rings is 2. The maximum Gasteiger partial charge on any atom is 0.243 e. The third-order valence-electron chi connectivity index (χ3n) is 5.88. The van der Waals surface area contributed by atoms with Crippen LogP contribution in [0, 0.1) is 0 Å². The first-order valence-corrected chi connectivity index (χ1v) is 11.4. The summed E-state index contributed by atoms with van der Waals surface area (Å²) in [6.07, 6.45) is 1.64. The van der Waals surface area contributed by atoms with E-state index in [1.165, 1.54) is 4.90 Å². The third-order valence-corrected chi connectivity index (χ3v) is 6.21. The molecule has 3 amide bonds. The fourth-order valence-electron chi connectivity index (χ4n) is 4.11. The fraction of sp³-hybridized carbons (Fsp3) is 0.391. The van der Waals surface area contributed by atoms with E-state index in [9.17, 15) is 14.4 Å². The highest BCUT2D eigenvalue weighted by Gasteiger charge is 2.35. The second-order valence-electron chi connectivity index (χ2n) is 8.08. The van der Waals surface area contributed by atoms with Crippen LogP contribution in [0.4, 0.5) is 11.5 Å². The van der Waals surface area contributed by atoms with Gasteiger partial charge in [-0.15, -0.1) is 0 Å². The number of pyridine rings is 1. The number of nitrogens with one attached hydrogen (secondary N) is 2. The summed E-state index contributed by atoms with van der Waals surface area (Å²) in [5.74, 6) is 0.100. The molecular weight excluding hydrogens is 444 g/mol. The zero-order valence-electron chi connectivity index (χ0n) is 18.2. The van der Waals surface area contributed by atoms with Gasteiger partial charge in [-0.3, -0.25) is 19.3 Å². The van der Waals surface area contributed by atoms with E-state index in [1.807, 2.05) is 18.2 Å². The molecule has 174 valence electrons. The first-order valence-electron chi connectivity index (χ1n) is 11.0. The van der Waals surface area contributed by atoms with Crippen LogP contribution in [0.2, 0.25) is 5.02 Å². The Kier molecular flexibility index (Phi) is 7.41. The lowest BCUT2D eigenvalue weighted by atomic mass is 10.1. The monoisotopic (exact) mass is 470 g/mol. The molecule has 0 spiro atoms. The van der Waals surface area contributed by atoms with Crippen molar-refractivity contribution in [1.82, 2.24) is 20.1 Å². The van der Waals surface area contributed by atoms with Crippen molar-refractivity contribution in [2.45, 2.75) is 12.5 Å². The molecule has 2 saturated heterocycles. The number of rotatable bonds is 6. The van der Waals surface area contributed by atoms with Gasteiger partial charge in [0.25, 0.3) is 0 Å². The van der Waals surface area contributed by atoms with Crippen LogP contribution in [0.1, 0.15) is 6.42 Å². The summed E-state index contributed by atoms with van der Waals surface area (Å²) in [4.78, 5) is 48.4. The van der Waals surface area contributed by atoms with Gasteiger partial charge in [0.2, 0.25) is 17.7 Å². The number of hydrogen-bond donors (Lipinski definition) is 2. The van der Waals surface area contributed by atoms with Crippen molar-refractivity contribution in [3.05, 3.63) is 53.7 Å². The van der Waals surface area contributed by atoms with Gasteiger partial charge >= 0.3 is 0 Å². The molecule has 0 radical (unpaired) electrons. The zero-order chi connectivity index (χ0) is 23.2. The minimum atomic E-state index is -0.844. The van der Waals surface area contributed by atoms with Crippen molar-refractivity contribution < 1.29 is 14.4 Å². The van der Waals surface area contributed by atoms with Crippen molar-refractivity contribution in [3.63, 3.8) is 0 Å². The molecule has 2 N–H and O–H groups in total. The molecule has 0 aliphatic carbocycles. The quantitative estimate of drug-likeness (QED) is 0.658. The molecule has 2 aromatic rings. The number of benzene rings is 1. The number of amides is 3. The van der Waals surface area contributed by atoms with Gasteiger partial charge in [0, 0.05) is 45.5 Å². The Morgan fingerprint density at radius 3 is 2.55 bits per heavy atom. The summed E-state index contributed by atoms with van der Waals surface area (Å²) in [5, 5.41) is 5.90. The predicted molar refractivity (Wildman–Crippen MR) is 126 cm³/mol. The smallest absolute Gasteiger partial charge is 0.243 e. The number of nitrogens with zero attached hydrogens (tertiary/aromatic N) is 4. The average molecular weight is 471 g/mol. The topological polar surface area (TPSA) is 97.9 Å². The van der Waals surface area contributed by atoms with Crippen molar-refractivity contribution in [2.24, 2.45) is 0 Å². The fourth-order valence-corrected chi connectivity index (χ4v) is 4.30. The van der Waals surface area contributed by atoms with Crippen LogP contribution in [-0.2, 0) is 14.4 Å². The van der Waals surface area contributed by atoms with Gasteiger partial charge in [-0.25, -0.2) is 4.98 Å². The summed E-state index contributed by atoms with van der Waals surface area (Å²) >= 11 is 6.11. The standard InChI is InChI=1S/C23H27ClN6O3/c24-17-5-1-2-6-18(17)27-21(31)15-19-23(33)26-9-10-30(19)22(32)16-28-11-13-29(14-12-28)20-7-3-4-8-25-20/h1-8,19H,9-16H2,(H,26,33)(H,27,31)/t19-/m1/s1. The number of hydrogen-bond acceptors (Lipinski definition) is 6. The Morgan fingerprint density at radius 2 is 1.82 bits per heavy atom. The van der Waals surface area contributed by atoms with Gasteiger partial charge < -0.3 is 20.4 Å². The predicted octanol–water partition coefficient (Wildman–Crippen LogP) is 1.21. The maximum absolute atomic E-state index is 13.1. The molecule has 0 bridgehead atoms. The van der Waals surface area contributed by atoms with Gasteiger partial charge in [-0.05, 0) is 24.3 Å². The minimum Gasteiger partial charge on any atom is -0.354 e. The first kappa shape index (κ1) is 23.0. The number of anilines is 2. The van der Waals surface area contributed by atoms with Crippen LogP contribution in [0.25, 0.3) is 0 Å². The Bertz CT molecular complexity index is 997. The largest absolute Gasteiger partial charge is 0.354 e. The van der Waals surface area contributed by atoms with Crippen LogP contribution < -0.4 is 15.5 Å². The molecule has 0 saturated carbocycles. The number of para-hydroxylation sites is 1. The van der Waals surface area contributed by atoms with Crippen molar-refractivity contribution in [3.8, 4) is 0 Å². The van der Waals surface area contributed by atoms with Gasteiger partial charge in [0.1, 0.15) is 11.9 Å². The highest BCUT2D eigenvalue weighted by molar-refractivity contribution is 6.33. The molecule has 33 heavy (non-hydrogen) atoms.